The quantitative estimate of drug-likeness (QED) is 0.744. The van der Waals surface area contributed by atoms with Gasteiger partial charge in [0.25, 0.3) is 5.91 Å². The minimum atomic E-state index is -0.279. The van der Waals surface area contributed by atoms with Gasteiger partial charge in [-0.05, 0) is 6.07 Å². The van der Waals surface area contributed by atoms with Gasteiger partial charge in [0.1, 0.15) is 9.71 Å². The standard InChI is InChI=1S/C10H8N4OS/c1-2-4-12-9(15)8-7(11)6-3-5-13-14-10(6)16-8/h1,3,5H,4,11H2,(H,12,15). The zero-order valence-corrected chi connectivity index (χ0v) is 9.04. The number of carbonyl (C=O) groups is 1. The van der Waals surface area contributed by atoms with Crippen molar-refractivity contribution in [3.05, 3.63) is 17.1 Å². The van der Waals surface area contributed by atoms with E-state index >= 15 is 0 Å². The lowest BCUT2D eigenvalue weighted by atomic mass is 10.3. The lowest BCUT2D eigenvalue weighted by Crippen LogP contribution is -2.23. The van der Waals surface area contributed by atoms with Crippen LogP contribution in [0.25, 0.3) is 10.2 Å². The van der Waals surface area contributed by atoms with Crippen molar-refractivity contribution in [3.63, 3.8) is 0 Å². The summed E-state index contributed by atoms with van der Waals surface area (Å²) >= 11 is 1.20. The summed E-state index contributed by atoms with van der Waals surface area (Å²) in [7, 11) is 0. The highest BCUT2D eigenvalue weighted by Crippen LogP contribution is 2.31. The second-order valence-electron chi connectivity index (χ2n) is 2.98. The van der Waals surface area contributed by atoms with Gasteiger partial charge in [-0.2, -0.15) is 5.10 Å². The summed E-state index contributed by atoms with van der Waals surface area (Å²) in [5.41, 5.74) is 6.26. The molecule has 0 saturated carbocycles. The molecule has 0 unspecified atom stereocenters. The maximum atomic E-state index is 11.7. The van der Waals surface area contributed by atoms with Gasteiger partial charge in [-0.25, -0.2) is 0 Å². The number of hydrogen-bond acceptors (Lipinski definition) is 5. The van der Waals surface area contributed by atoms with Crippen molar-refractivity contribution in [2.24, 2.45) is 0 Å². The predicted octanol–water partition coefficient (Wildman–Crippen LogP) is 0.637. The van der Waals surface area contributed by atoms with Crippen LogP contribution in [0.4, 0.5) is 5.69 Å². The molecule has 2 aromatic heterocycles. The number of anilines is 1. The normalized spacial score (nSPS) is 9.94. The van der Waals surface area contributed by atoms with Crippen molar-refractivity contribution in [1.82, 2.24) is 15.5 Å². The van der Waals surface area contributed by atoms with E-state index in [1.807, 2.05) is 0 Å². The highest BCUT2D eigenvalue weighted by atomic mass is 32.1. The molecule has 6 heteroatoms. The van der Waals surface area contributed by atoms with Crippen molar-refractivity contribution in [1.29, 1.82) is 0 Å². The number of rotatable bonds is 2. The molecule has 2 rings (SSSR count). The molecule has 0 fully saturated rings. The van der Waals surface area contributed by atoms with E-state index in [9.17, 15) is 4.79 Å². The molecule has 80 valence electrons. The molecule has 0 spiro atoms. The van der Waals surface area contributed by atoms with Gasteiger partial charge in [-0.1, -0.05) is 5.92 Å². The van der Waals surface area contributed by atoms with E-state index < -0.39 is 0 Å². The first-order valence-corrected chi connectivity index (χ1v) is 5.27. The van der Waals surface area contributed by atoms with Crippen molar-refractivity contribution in [3.8, 4) is 12.3 Å². The van der Waals surface area contributed by atoms with Gasteiger partial charge < -0.3 is 11.1 Å². The highest BCUT2D eigenvalue weighted by Gasteiger charge is 2.16. The second kappa shape index (κ2) is 4.16. The van der Waals surface area contributed by atoms with Crippen LogP contribution in [0.1, 0.15) is 9.67 Å². The maximum Gasteiger partial charge on any atom is 0.264 e. The van der Waals surface area contributed by atoms with Gasteiger partial charge in [0.15, 0.2) is 0 Å². The third-order valence-electron chi connectivity index (χ3n) is 1.98. The molecule has 1 amide bonds. The highest BCUT2D eigenvalue weighted by molar-refractivity contribution is 7.21. The summed E-state index contributed by atoms with van der Waals surface area (Å²) in [5, 5.41) is 10.9. The van der Waals surface area contributed by atoms with E-state index in [4.69, 9.17) is 12.2 Å². The molecule has 16 heavy (non-hydrogen) atoms. The number of nitrogens with zero attached hydrogens (tertiary/aromatic N) is 2. The minimum Gasteiger partial charge on any atom is -0.397 e. The molecule has 3 N–H and O–H groups in total. The van der Waals surface area contributed by atoms with Crippen molar-refractivity contribution in [2.75, 3.05) is 12.3 Å². The van der Waals surface area contributed by atoms with E-state index in [0.29, 0.717) is 15.4 Å². The average molecular weight is 232 g/mol. The van der Waals surface area contributed by atoms with Gasteiger partial charge in [-0.3, -0.25) is 4.79 Å². The monoisotopic (exact) mass is 232 g/mol. The molecule has 0 aliphatic carbocycles. The van der Waals surface area contributed by atoms with Crippen LogP contribution >= 0.6 is 11.3 Å². The smallest absolute Gasteiger partial charge is 0.264 e. The Bertz CT molecular complexity index is 584. The summed E-state index contributed by atoms with van der Waals surface area (Å²) in [5.74, 6) is 2.05. The van der Waals surface area contributed by atoms with E-state index in [0.717, 1.165) is 5.39 Å². The number of aromatic nitrogens is 2. The number of fused-ring (bicyclic) bond motifs is 1. The van der Waals surface area contributed by atoms with E-state index in [1.54, 1.807) is 6.07 Å². The molecule has 0 aliphatic heterocycles. The second-order valence-corrected chi connectivity index (χ2v) is 3.98. The molecule has 0 saturated heterocycles. The Labute approximate surface area is 95.7 Å². The number of hydrogen-bond donors (Lipinski definition) is 2. The average Bonchev–Trinajstić information content (AvgIpc) is 2.64. The molecule has 5 nitrogen and oxygen atoms in total. The van der Waals surface area contributed by atoms with Crippen LogP contribution in [0.15, 0.2) is 12.3 Å². The van der Waals surface area contributed by atoms with Crippen molar-refractivity contribution < 1.29 is 4.79 Å². The fraction of sp³-hybridized carbons (Fsp3) is 0.100. The summed E-state index contributed by atoms with van der Waals surface area (Å²) in [6, 6.07) is 1.73. The van der Waals surface area contributed by atoms with Crippen molar-refractivity contribution in [2.45, 2.75) is 0 Å². The lowest BCUT2D eigenvalue weighted by molar-refractivity contribution is 0.0963. The Morgan fingerprint density at radius 2 is 2.50 bits per heavy atom. The number of nitrogens with one attached hydrogen (secondary N) is 1. The maximum absolute atomic E-state index is 11.7. The summed E-state index contributed by atoms with van der Waals surface area (Å²) in [4.78, 5) is 12.7. The van der Waals surface area contributed by atoms with Gasteiger partial charge >= 0.3 is 0 Å². The molecule has 0 aromatic carbocycles. The van der Waals surface area contributed by atoms with E-state index in [-0.39, 0.29) is 12.5 Å². The van der Waals surface area contributed by atoms with Crippen LogP contribution in [0.5, 0.6) is 0 Å². The van der Waals surface area contributed by atoms with E-state index in [1.165, 1.54) is 17.5 Å². The van der Waals surface area contributed by atoms with Crippen LogP contribution in [-0.2, 0) is 0 Å². The Balaban J connectivity index is 2.42. The Morgan fingerprint density at radius 3 is 3.19 bits per heavy atom. The topological polar surface area (TPSA) is 80.9 Å². The van der Waals surface area contributed by atoms with E-state index in [2.05, 4.69) is 21.4 Å². The SMILES string of the molecule is C#CCNC(=O)c1sc2nnccc2c1N. The lowest BCUT2D eigenvalue weighted by Gasteiger charge is -1.98. The fourth-order valence-corrected chi connectivity index (χ4v) is 2.21. The first-order valence-electron chi connectivity index (χ1n) is 4.45. The van der Waals surface area contributed by atoms with Crippen LogP contribution in [0.3, 0.4) is 0 Å². The number of nitrogen functional groups attached to an aromatic ring is 1. The van der Waals surface area contributed by atoms with Gasteiger partial charge in [-0.15, -0.1) is 22.9 Å². The Morgan fingerprint density at radius 1 is 1.69 bits per heavy atom. The number of amides is 1. The third kappa shape index (κ3) is 1.68. The summed E-state index contributed by atoms with van der Waals surface area (Å²) in [6.45, 7) is 0.179. The number of terminal acetylenes is 1. The largest absolute Gasteiger partial charge is 0.397 e. The zero-order chi connectivity index (χ0) is 11.5. The van der Waals surface area contributed by atoms with Gasteiger partial charge in [0, 0.05) is 5.39 Å². The first kappa shape index (κ1) is 10.4. The van der Waals surface area contributed by atoms with Crippen LogP contribution in [0, 0.1) is 12.3 Å². The Hall–Kier alpha value is -2.13. The minimum absolute atomic E-state index is 0.179. The van der Waals surface area contributed by atoms with Gasteiger partial charge in [0.05, 0.1) is 18.4 Å². The molecular formula is C10H8N4OS. The zero-order valence-electron chi connectivity index (χ0n) is 8.23. The van der Waals surface area contributed by atoms with Crippen LogP contribution < -0.4 is 11.1 Å². The molecule has 2 aromatic rings. The first-order chi connectivity index (χ1) is 7.74. The molecule has 0 atom stereocenters. The number of carbonyl (C=O) groups excluding carboxylic acids is 1. The molecule has 0 bridgehead atoms. The summed E-state index contributed by atoms with van der Waals surface area (Å²) in [6.07, 6.45) is 6.59. The number of nitrogens with two attached hydrogens (primary N) is 1. The van der Waals surface area contributed by atoms with Gasteiger partial charge in [0.2, 0.25) is 0 Å². The predicted molar refractivity (Wildman–Crippen MR) is 63.0 cm³/mol. The molecule has 0 aliphatic rings. The molecule has 0 radical (unpaired) electrons. The fourth-order valence-electron chi connectivity index (χ4n) is 1.25. The third-order valence-corrected chi connectivity index (χ3v) is 3.08. The Kier molecular flexibility index (Phi) is 2.70. The molecular weight excluding hydrogens is 224 g/mol. The number of thiophene rings is 1. The van der Waals surface area contributed by atoms with Crippen LogP contribution in [-0.4, -0.2) is 22.6 Å². The van der Waals surface area contributed by atoms with Crippen molar-refractivity contribution >= 4 is 33.1 Å². The molecule has 2 heterocycles. The summed E-state index contributed by atoms with van der Waals surface area (Å²) < 4.78 is 0. The van der Waals surface area contributed by atoms with Crippen LogP contribution in [0.2, 0.25) is 0 Å².